The van der Waals surface area contributed by atoms with Gasteiger partial charge in [-0.1, -0.05) is 18.2 Å². The van der Waals surface area contributed by atoms with E-state index < -0.39 is 10.0 Å². The number of hydrogen-bond acceptors (Lipinski definition) is 4. The Morgan fingerprint density at radius 3 is 2.47 bits per heavy atom. The fourth-order valence-corrected chi connectivity index (χ4v) is 5.14. The number of hydrogen-bond donors (Lipinski definition) is 1. The van der Waals surface area contributed by atoms with E-state index in [-0.39, 0.29) is 10.8 Å². The van der Waals surface area contributed by atoms with Crippen molar-refractivity contribution in [1.29, 1.82) is 0 Å². The summed E-state index contributed by atoms with van der Waals surface area (Å²) in [7, 11) is -3.54. The maximum absolute atomic E-state index is 12.8. The lowest BCUT2D eigenvalue weighted by molar-refractivity contribution is 0.0952. The number of carbonyl (C=O) groups is 1. The summed E-state index contributed by atoms with van der Waals surface area (Å²) in [5.74, 6) is 0.617. The van der Waals surface area contributed by atoms with E-state index in [2.05, 4.69) is 5.32 Å². The van der Waals surface area contributed by atoms with Crippen molar-refractivity contribution in [2.24, 2.45) is 0 Å². The average molecular weight is 431 g/mol. The number of nitrogens with one attached hydrogen (secondary N) is 1. The highest BCUT2D eigenvalue weighted by atomic mass is 32.2. The predicted molar refractivity (Wildman–Crippen MR) is 117 cm³/mol. The Balaban J connectivity index is 1.57. The zero-order valence-corrected chi connectivity index (χ0v) is 18.5. The second kappa shape index (κ2) is 10.1. The van der Waals surface area contributed by atoms with E-state index in [4.69, 9.17) is 4.74 Å². The Morgan fingerprint density at radius 1 is 1.10 bits per heavy atom. The number of ether oxygens (including phenoxy) is 1. The third-order valence-electron chi connectivity index (χ3n) is 5.32. The second-order valence-electron chi connectivity index (χ2n) is 7.52. The molecule has 0 atom stereocenters. The minimum atomic E-state index is -3.54. The summed E-state index contributed by atoms with van der Waals surface area (Å²) in [4.78, 5) is 12.8. The van der Waals surface area contributed by atoms with Gasteiger partial charge in [0.05, 0.1) is 11.5 Å². The number of nitrogens with zero attached hydrogens (tertiary/aromatic N) is 1. The molecular weight excluding hydrogens is 400 g/mol. The summed E-state index contributed by atoms with van der Waals surface area (Å²) in [5, 5.41) is 2.92. The molecule has 2 aromatic rings. The van der Waals surface area contributed by atoms with Gasteiger partial charge in [0.1, 0.15) is 5.75 Å². The van der Waals surface area contributed by atoms with Crippen molar-refractivity contribution in [1.82, 2.24) is 9.62 Å². The van der Waals surface area contributed by atoms with Gasteiger partial charge in [0, 0.05) is 25.2 Å². The first kappa shape index (κ1) is 22.3. The van der Waals surface area contributed by atoms with Gasteiger partial charge in [0.2, 0.25) is 10.0 Å². The Kier molecular flexibility index (Phi) is 7.50. The van der Waals surface area contributed by atoms with Crippen LogP contribution in [0, 0.1) is 6.92 Å². The van der Waals surface area contributed by atoms with E-state index in [1.165, 1.54) is 15.9 Å². The van der Waals surface area contributed by atoms with E-state index in [1.54, 1.807) is 12.1 Å². The molecule has 0 aromatic heterocycles. The molecule has 1 fully saturated rings. The summed E-state index contributed by atoms with van der Waals surface area (Å²) >= 11 is 0. The Morgan fingerprint density at radius 2 is 1.80 bits per heavy atom. The molecule has 1 heterocycles. The van der Waals surface area contributed by atoms with Gasteiger partial charge in [0.15, 0.2) is 0 Å². The van der Waals surface area contributed by atoms with Gasteiger partial charge >= 0.3 is 0 Å². The van der Waals surface area contributed by atoms with Crippen molar-refractivity contribution in [3.8, 4) is 5.75 Å². The molecule has 0 spiro atoms. The lowest BCUT2D eigenvalue weighted by Crippen LogP contribution is -2.29. The van der Waals surface area contributed by atoms with E-state index in [9.17, 15) is 13.2 Å². The first-order valence-corrected chi connectivity index (χ1v) is 12.0. The van der Waals surface area contributed by atoms with Crippen LogP contribution in [0.1, 0.15) is 47.7 Å². The van der Waals surface area contributed by atoms with Crippen LogP contribution in [-0.2, 0) is 16.4 Å². The van der Waals surface area contributed by atoms with Crippen molar-refractivity contribution in [3.63, 3.8) is 0 Å². The molecule has 0 unspecified atom stereocenters. The zero-order chi connectivity index (χ0) is 21.6. The highest BCUT2D eigenvalue weighted by molar-refractivity contribution is 7.89. The lowest BCUT2D eigenvalue weighted by atomic mass is 10.1. The molecule has 3 rings (SSSR count). The Labute approximate surface area is 179 Å². The van der Waals surface area contributed by atoms with E-state index in [0.29, 0.717) is 31.8 Å². The van der Waals surface area contributed by atoms with Gasteiger partial charge in [-0.3, -0.25) is 4.79 Å². The number of rotatable bonds is 9. The van der Waals surface area contributed by atoms with Crippen LogP contribution in [-0.4, -0.2) is 44.9 Å². The summed E-state index contributed by atoms with van der Waals surface area (Å²) in [6, 6.07) is 12.8. The molecule has 7 heteroatoms. The van der Waals surface area contributed by atoms with Gasteiger partial charge < -0.3 is 10.1 Å². The van der Waals surface area contributed by atoms with Crippen LogP contribution in [0.5, 0.6) is 5.75 Å². The molecule has 6 nitrogen and oxygen atoms in total. The molecule has 30 heavy (non-hydrogen) atoms. The fourth-order valence-electron chi connectivity index (χ4n) is 3.59. The van der Waals surface area contributed by atoms with Crippen molar-refractivity contribution in [2.75, 3.05) is 26.2 Å². The molecule has 1 aliphatic rings. The molecule has 0 bridgehead atoms. The maximum atomic E-state index is 12.8. The van der Waals surface area contributed by atoms with Crippen LogP contribution in [0.25, 0.3) is 0 Å². The van der Waals surface area contributed by atoms with Crippen molar-refractivity contribution < 1.29 is 17.9 Å². The number of sulfonamides is 1. The van der Waals surface area contributed by atoms with Gasteiger partial charge in [-0.2, -0.15) is 4.31 Å². The molecule has 1 aliphatic heterocycles. The summed E-state index contributed by atoms with van der Waals surface area (Å²) in [6.45, 7) is 6.03. The third-order valence-corrected chi connectivity index (χ3v) is 7.21. The fraction of sp³-hybridized carbons (Fsp3) is 0.435. The quantitative estimate of drug-likeness (QED) is 0.618. The van der Waals surface area contributed by atoms with Crippen molar-refractivity contribution in [2.45, 2.75) is 44.4 Å². The van der Waals surface area contributed by atoms with Gasteiger partial charge in [-0.05, 0) is 74.9 Å². The zero-order valence-electron chi connectivity index (χ0n) is 17.7. The lowest BCUT2D eigenvalue weighted by Gasteiger charge is -2.17. The molecule has 1 amide bonds. The van der Waals surface area contributed by atoms with Crippen LogP contribution in [0.2, 0.25) is 0 Å². The third kappa shape index (κ3) is 5.40. The SMILES string of the molecule is CCOc1ccc(CCCNC(=O)c2cc(S(=O)(=O)N3CCCC3)ccc2C)cc1. The average Bonchev–Trinajstić information content (AvgIpc) is 3.28. The van der Waals surface area contributed by atoms with Crippen LogP contribution in [0.4, 0.5) is 0 Å². The molecular formula is C23H30N2O4S. The maximum Gasteiger partial charge on any atom is 0.251 e. The molecule has 0 aliphatic carbocycles. The second-order valence-corrected chi connectivity index (χ2v) is 9.46. The number of carbonyl (C=O) groups excluding carboxylic acids is 1. The summed E-state index contributed by atoms with van der Waals surface area (Å²) in [5.41, 5.74) is 2.36. The highest BCUT2D eigenvalue weighted by Crippen LogP contribution is 2.23. The predicted octanol–water partition coefficient (Wildman–Crippen LogP) is 3.54. The largest absolute Gasteiger partial charge is 0.494 e. The first-order chi connectivity index (χ1) is 14.4. The van der Waals surface area contributed by atoms with E-state index in [0.717, 1.165) is 37.0 Å². The van der Waals surface area contributed by atoms with E-state index in [1.807, 2.05) is 38.1 Å². The number of benzene rings is 2. The summed E-state index contributed by atoms with van der Waals surface area (Å²) < 4.78 is 32.5. The van der Waals surface area contributed by atoms with Crippen LogP contribution in [0.3, 0.4) is 0 Å². The van der Waals surface area contributed by atoms with Gasteiger partial charge in [0.25, 0.3) is 5.91 Å². The normalized spacial score (nSPS) is 14.6. The van der Waals surface area contributed by atoms with Gasteiger partial charge in [-0.15, -0.1) is 0 Å². The van der Waals surface area contributed by atoms with Crippen molar-refractivity contribution in [3.05, 3.63) is 59.2 Å². The standard InChI is InChI=1S/C23H30N2O4S/c1-3-29-20-11-9-19(10-12-20)7-6-14-24-23(26)22-17-21(13-8-18(22)2)30(27,28)25-15-4-5-16-25/h8-13,17H,3-7,14-16H2,1-2H3,(H,24,26). The molecule has 1 saturated heterocycles. The smallest absolute Gasteiger partial charge is 0.251 e. The number of aryl methyl sites for hydroxylation is 2. The topological polar surface area (TPSA) is 75.7 Å². The molecule has 2 aromatic carbocycles. The molecule has 1 N–H and O–H groups in total. The Bertz CT molecular complexity index is 965. The molecule has 0 radical (unpaired) electrons. The van der Waals surface area contributed by atoms with Crippen molar-refractivity contribution >= 4 is 15.9 Å². The van der Waals surface area contributed by atoms with Gasteiger partial charge in [-0.25, -0.2) is 8.42 Å². The minimum absolute atomic E-state index is 0.189. The van der Waals surface area contributed by atoms with Crippen LogP contribution in [0.15, 0.2) is 47.4 Å². The highest BCUT2D eigenvalue weighted by Gasteiger charge is 2.28. The van der Waals surface area contributed by atoms with Crippen LogP contribution < -0.4 is 10.1 Å². The molecule has 162 valence electrons. The first-order valence-electron chi connectivity index (χ1n) is 10.5. The Hall–Kier alpha value is -2.38. The number of amides is 1. The molecule has 0 saturated carbocycles. The van der Waals surface area contributed by atoms with E-state index >= 15 is 0 Å². The minimum Gasteiger partial charge on any atom is -0.494 e. The monoisotopic (exact) mass is 430 g/mol. The summed E-state index contributed by atoms with van der Waals surface area (Å²) in [6.07, 6.45) is 3.40. The van der Waals surface area contributed by atoms with Crippen LogP contribution >= 0.6 is 0 Å².